The summed E-state index contributed by atoms with van der Waals surface area (Å²) < 4.78 is 21.7. The number of benzene rings is 1. The van der Waals surface area contributed by atoms with Gasteiger partial charge in [0.25, 0.3) is 0 Å². The number of aromatic nitrogens is 3. The van der Waals surface area contributed by atoms with Gasteiger partial charge in [0.05, 0.1) is 5.69 Å². The van der Waals surface area contributed by atoms with Crippen molar-refractivity contribution in [1.82, 2.24) is 14.5 Å². The van der Waals surface area contributed by atoms with Crippen LogP contribution >= 0.6 is 0 Å². The highest BCUT2D eigenvalue weighted by Crippen LogP contribution is 2.32. The fraction of sp³-hybridized carbons (Fsp3) is 0.250. The maximum Gasteiger partial charge on any atom is 0.164 e. The summed E-state index contributed by atoms with van der Waals surface area (Å²) in [5, 5.41) is 0. The van der Waals surface area contributed by atoms with E-state index in [9.17, 15) is 4.39 Å². The molecule has 3 heterocycles. The van der Waals surface area contributed by atoms with Gasteiger partial charge in [0, 0.05) is 12.8 Å². The predicted octanol–water partition coefficient (Wildman–Crippen LogP) is 3.41. The Morgan fingerprint density at radius 1 is 1.19 bits per heavy atom. The Labute approximate surface area is 121 Å². The third-order valence-electron chi connectivity index (χ3n) is 3.75. The third kappa shape index (κ3) is 2.01. The minimum atomic E-state index is -0.290. The summed E-state index contributed by atoms with van der Waals surface area (Å²) in [6.07, 6.45) is 3.50. The van der Waals surface area contributed by atoms with Crippen molar-refractivity contribution in [1.29, 1.82) is 0 Å². The van der Waals surface area contributed by atoms with Gasteiger partial charge < -0.3 is 4.74 Å². The first-order chi connectivity index (χ1) is 10.3. The van der Waals surface area contributed by atoms with Gasteiger partial charge in [-0.2, -0.15) is 0 Å². The molecule has 5 heteroatoms. The van der Waals surface area contributed by atoms with Gasteiger partial charge in [-0.25, -0.2) is 14.4 Å². The number of ether oxygens (including phenoxy) is 1. The molecule has 0 radical (unpaired) electrons. The van der Waals surface area contributed by atoms with Crippen LogP contribution in [0.4, 0.5) is 4.39 Å². The zero-order valence-electron chi connectivity index (χ0n) is 11.4. The molecule has 1 atom stereocenters. The molecule has 4 nitrogen and oxygen atoms in total. The van der Waals surface area contributed by atoms with E-state index in [1.165, 1.54) is 6.07 Å². The van der Waals surface area contributed by atoms with E-state index in [4.69, 9.17) is 4.74 Å². The number of hydrogen-bond acceptors (Lipinski definition) is 3. The van der Waals surface area contributed by atoms with Crippen LogP contribution in [-0.2, 0) is 4.74 Å². The highest BCUT2D eigenvalue weighted by atomic mass is 19.1. The Bertz CT molecular complexity index is 793. The number of rotatable bonds is 2. The minimum Gasteiger partial charge on any atom is -0.370 e. The van der Waals surface area contributed by atoms with Gasteiger partial charge in [-0.3, -0.25) is 4.57 Å². The summed E-state index contributed by atoms with van der Waals surface area (Å²) in [5.41, 5.74) is 1.88. The van der Waals surface area contributed by atoms with Crippen molar-refractivity contribution in [2.45, 2.75) is 18.9 Å². The Hall–Kier alpha value is -2.27. The van der Waals surface area contributed by atoms with E-state index >= 15 is 0 Å². The molecule has 0 N–H and O–H groups in total. The molecule has 106 valence electrons. The normalized spacial score (nSPS) is 18.4. The molecule has 0 spiro atoms. The van der Waals surface area contributed by atoms with Crippen molar-refractivity contribution >= 4 is 11.2 Å². The van der Waals surface area contributed by atoms with Crippen LogP contribution in [0.2, 0.25) is 0 Å². The molecule has 4 rings (SSSR count). The summed E-state index contributed by atoms with van der Waals surface area (Å²) in [7, 11) is 0. The maximum absolute atomic E-state index is 14.2. The first kappa shape index (κ1) is 12.5. The molecule has 1 aromatic carbocycles. The topological polar surface area (TPSA) is 39.9 Å². The van der Waals surface area contributed by atoms with Crippen LogP contribution in [0.15, 0.2) is 42.6 Å². The van der Waals surface area contributed by atoms with Crippen LogP contribution in [0.5, 0.6) is 0 Å². The molecule has 0 amide bonds. The van der Waals surface area contributed by atoms with Crippen LogP contribution in [0.25, 0.3) is 16.9 Å². The summed E-state index contributed by atoms with van der Waals surface area (Å²) in [6, 6.07) is 10.4. The molecule has 1 unspecified atom stereocenters. The summed E-state index contributed by atoms with van der Waals surface area (Å²) in [6.45, 7) is 0.721. The number of pyridine rings is 1. The quantitative estimate of drug-likeness (QED) is 0.723. The molecular formula is C16H14FN3O. The monoisotopic (exact) mass is 283 g/mol. The van der Waals surface area contributed by atoms with Gasteiger partial charge >= 0.3 is 0 Å². The van der Waals surface area contributed by atoms with E-state index in [1.54, 1.807) is 22.9 Å². The average Bonchev–Trinajstić information content (AvgIpc) is 3.15. The van der Waals surface area contributed by atoms with Gasteiger partial charge in [-0.1, -0.05) is 12.1 Å². The molecular weight excluding hydrogens is 269 g/mol. The number of hydrogen-bond donors (Lipinski definition) is 0. The lowest BCUT2D eigenvalue weighted by atomic mass is 10.2. The van der Waals surface area contributed by atoms with Crippen LogP contribution in [-0.4, -0.2) is 21.1 Å². The highest BCUT2D eigenvalue weighted by Gasteiger charge is 2.26. The molecule has 3 aromatic rings. The number of nitrogens with zero attached hydrogens (tertiary/aromatic N) is 3. The Morgan fingerprint density at radius 2 is 2.10 bits per heavy atom. The second kappa shape index (κ2) is 4.93. The molecule has 0 saturated carbocycles. The van der Waals surface area contributed by atoms with E-state index in [1.807, 2.05) is 18.2 Å². The summed E-state index contributed by atoms with van der Waals surface area (Å²) in [5.74, 6) is 0.438. The minimum absolute atomic E-state index is 0.0983. The molecule has 1 saturated heterocycles. The second-order valence-electron chi connectivity index (χ2n) is 5.10. The van der Waals surface area contributed by atoms with E-state index in [0.717, 1.165) is 30.8 Å². The van der Waals surface area contributed by atoms with Crippen LogP contribution in [0.3, 0.4) is 0 Å². The van der Waals surface area contributed by atoms with Gasteiger partial charge in [0.1, 0.15) is 23.3 Å². The van der Waals surface area contributed by atoms with Crippen molar-refractivity contribution in [3.63, 3.8) is 0 Å². The van der Waals surface area contributed by atoms with Crippen molar-refractivity contribution in [3.05, 3.63) is 54.2 Å². The van der Waals surface area contributed by atoms with E-state index in [2.05, 4.69) is 9.97 Å². The SMILES string of the molecule is Fc1ccccc1-n1c(C2CCCO2)nc2cccnc21. The molecule has 0 bridgehead atoms. The lowest BCUT2D eigenvalue weighted by Crippen LogP contribution is -2.08. The summed E-state index contributed by atoms with van der Waals surface area (Å²) in [4.78, 5) is 8.99. The van der Waals surface area contributed by atoms with Gasteiger partial charge in [0.15, 0.2) is 5.65 Å². The molecule has 2 aromatic heterocycles. The number of halogens is 1. The van der Waals surface area contributed by atoms with E-state index < -0.39 is 0 Å². The molecule has 1 fully saturated rings. The first-order valence-corrected chi connectivity index (χ1v) is 7.04. The first-order valence-electron chi connectivity index (χ1n) is 7.04. The number of fused-ring (bicyclic) bond motifs is 1. The van der Waals surface area contributed by atoms with Crippen molar-refractivity contribution in [3.8, 4) is 5.69 Å². The van der Waals surface area contributed by atoms with Crippen molar-refractivity contribution < 1.29 is 9.13 Å². The third-order valence-corrected chi connectivity index (χ3v) is 3.75. The Morgan fingerprint density at radius 3 is 2.90 bits per heavy atom. The molecule has 0 aliphatic carbocycles. The largest absolute Gasteiger partial charge is 0.370 e. The Kier molecular flexibility index (Phi) is 2.93. The van der Waals surface area contributed by atoms with Crippen molar-refractivity contribution in [2.75, 3.05) is 6.61 Å². The zero-order valence-corrected chi connectivity index (χ0v) is 11.4. The van der Waals surface area contributed by atoms with Crippen LogP contribution in [0.1, 0.15) is 24.8 Å². The second-order valence-corrected chi connectivity index (χ2v) is 5.10. The van der Waals surface area contributed by atoms with Gasteiger partial charge in [0.2, 0.25) is 0 Å². The maximum atomic E-state index is 14.2. The number of para-hydroxylation sites is 1. The van der Waals surface area contributed by atoms with E-state index in [0.29, 0.717) is 11.3 Å². The van der Waals surface area contributed by atoms with Gasteiger partial charge in [-0.15, -0.1) is 0 Å². The smallest absolute Gasteiger partial charge is 0.164 e. The van der Waals surface area contributed by atoms with Crippen LogP contribution < -0.4 is 0 Å². The molecule has 1 aliphatic rings. The summed E-state index contributed by atoms with van der Waals surface area (Å²) >= 11 is 0. The standard InChI is InChI=1S/C16H14FN3O/c17-11-5-1-2-7-13(11)20-15-12(6-3-9-18-15)19-16(20)14-8-4-10-21-14/h1-3,5-7,9,14H,4,8,10H2. The molecule has 21 heavy (non-hydrogen) atoms. The Balaban J connectivity index is 2.00. The predicted molar refractivity (Wildman–Crippen MR) is 76.8 cm³/mol. The van der Waals surface area contributed by atoms with Gasteiger partial charge in [-0.05, 0) is 37.1 Å². The number of imidazole rings is 1. The average molecular weight is 283 g/mol. The highest BCUT2D eigenvalue weighted by molar-refractivity contribution is 5.74. The lowest BCUT2D eigenvalue weighted by Gasteiger charge is -2.13. The lowest BCUT2D eigenvalue weighted by molar-refractivity contribution is 0.104. The van der Waals surface area contributed by atoms with Crippen molar-refractivity contribution in [2.24, 2.45) is 0 Å². The molecule has 1 aliphatic heterocycles. The van der Waals surface area contributed by atoms with E-state index in [-0.39, 0.29) is 11.9 Å². The fourth-order valence-corrected chi connectivity index (χ4v) is 2.80. The fourth-order valence-electron chi connectivity index (χ4n) is 2.80. The zero-order chi connectivity index (χ0) is 14.2. The van der Waals surface area contributed by atoms with Crippen LogP contribution in [0, 0.1) is 5.82 Å².